The Bertz CT molecular complexity index is 676. The Morgan fingerprint density at radius 3 is 2.71 bits per heavy atom. The minimum atomic E-state index is -0.276. The number of benzene rings is 1. The summed E-state index contributed by atoms with van der Waals surface area (Å²) in [6.07, 6.45) is 3.39. The zero-order valence-corrected chi connectivity index (χ0v) is 9.39. The van der Waals surface area contributed by atoms with Crippen molar-refractivity contribution in [1.29, 1.82) is 0 Å². The van der Waals surface area contributed by atoms with Crippen LogP contribution in [0.4, 0.5) is 4.39 Å². The van der Waals surface area contributed by atoms with Gasteiger partial charge in [0.05, 0.1) is 5.69 Å². The van der Waals surface area contributed by atoms with Gasteiger partial charge in [-0.3, -0.25) is 4.40 Å². The summed E-state index contributed by atoms with van der Waals surface area (Å²) < 4.78 is 14.5. The molecule has 17 heavy (non-hydrogen) atoms. The number of nitrogens with zero attached hydrogens (tertiary/aromatic N) is 3. The summed E-state index contributed by atoms with van der Waals surface area (Å²) in [5.41, 5.74) is 2.19. The first-order valence-electron chi connectivity index (χ1n) is 4.99. The Morgan fingerprint density at radius 1 is 1.18 bits per heavy atom. The van der Waals surface area contributed by atoms with E-state index in [0.717, 1.165) is 5.56 Å². The van der Waals surface area contributed by atoms with Crippen LogP contribution in [0.1, 0.15) is 0 Å². The van der Waals surface area contributed by atoms with Crippen LogP contribution in [0.25, 0.3) is 16.9 Å². The molecule has 3 nitrogen and oxygen atoms in total. The van der Waals surface area contributed by atoms with E-state index in [1.165, 1.54) is 12.1 Å². The molecule has 0 aliphatic carbocycles. The molecule has 84 valence electrons. The summed E-state index contributed by atoms with van der Waals surface area (Å²) in [5.74, 6) is -0.276. The molecule has 0 fully saturated rings. The second-order valence-electron chi connectivity index (χ2n) is 3.57. The Morgan fingerprint density at radius 2 is 1.94 bits per heavy atom. The molecule has 0 saturated heterocycles. The number of hydrogen-bond donors (Lipinski definition) is 0. The standard InChI is InChI=1S/C12H7ClFN3/c13-12-16-10(7-11-15-5-6-17(11)12)8-1-3-9(14)4-2-8/h1-7H. The average molecular weight is 248 g/mol. The Balaban J connectivity index is 2.20. The molecule has 2 aromatic heterocycles. The largest absolute Gasteiger partial charge is 0.274 e. The van der Waals surface area contributed by atoms with Crippen molar-refractivity contribution in [1.82, 2.24) is 14.4 Å². The van der Waals surface area contributed by atoms with Gasteiger partial charge in [0.15, 0.2) is 0 Å². The molecular formula is C12H7ClFN3. The van der Waals surface area contributed by atoms with Crippen LogP contribution in [-0.2, 0) is 0 Å². The highest BCUT2D eigenvalue weighted by Crippen LogP contribution is 2.21. The lowest BCUT2D eigenvalue weighted by Crippen LogP contribution is -1.93. The SMILES string of the molecule is Fc1ccc(-c2cc3nccn3c(Cl)n2)cc1. The van der Waals surface area contributed by atoms with Crippen molar-refractivity contribution in [3.63, 3.8) is 0 Å². The fourth-order valence-electron chi connectivity index (χ4n) is 1.65. The van der Waals surface area contributed by atoms with Crippen LogP contribution in [0.2, 0.25) is 5.28 Å². The molecule has 0 N–H and O–H groups in total. The van der Waals surface area contributed by atoms with Gasteiger partial charge in [0.25, 0.3) is 0 Å². The van der Waals surface area contributed by atoms with E-state index in [4.69, 9.17) is 11.6 Å². The van der Waals surface area contributed by atoms with Gasteiger partial charge in [-0.1, -0.05) is 0 Å². The maximum absolute atomic E-state index is 12.8. The van der Waals surface area contributed by atoms with Crippen LogP contribution in [0, 0.1) is 5.82 Å². The molecule has 3 aromatic rings. The number of hydrogen-bond acceptors (Lipinski definition) is 2. The molecule has 0 saturated carbocycles. The van der Waals surface area contributed by atoms with Gasteiger partial charge in [-0.05, 0) is 35.9 Å². The van der Waals surface area contributed by atoms with Crippen molar-refractivity contribution < 1.29 is 4.39 Å². The van der Waals surface area contributed by atoms with E-state index in [9.17, 15) is 4.39 Å². The van der Waals surface area contributed by atoms with E-state index in [1.807, 2.05) is 0 Å². The van der Waals surface area contributed by atoms with Gasteiger partial charge in [0, 0.05) is 24.0 Å². The molecule has 3 rings (SSSR count). The van der Waals surface area contributed by atoms with Gasteiger partial charge in [-0.25, -0.2) is 14.4 Å². The Kier molecular flexibility index (Phi) is 2.30. The molecular weight excluding hydrogens is 241 g/mol. The topological polar surface area (TPSA) is 30.2 Å². The highest BCUT2D eigenvalue weighted by molar-refractivity contribution is 6.28. The second kappa shape index (κ2) is 3.82. The summed E-state index contributed by atoms with van der Waals surface area (Å²) >= 11 is 6.02. The predicted molar refractivity (Wildman–Crippen MR) is 63.4 cm³/mol. The molecule has 0 spiro atoms. The molecule has 0 aliphatic heterocycles. The summed E-state index contributed by atoms with van der Waals surface area (Å²) in [4.78, 5) is 8.39. The van der Waals surface area contributed by atoms with Gasteiger partial charge in [-0.2, -0.15) is 0 Å². The highest BCUT2D eigenvalue weighted by atomic mass is 35.5. The first kappa shape index (κ1) is 10.2. The van der Waals surface area contributed by atoms with Crippen molar-refractivity contribution in [3.05, 3.63) is 53.8 Å². The lowest BCUT2D eigenvalue weighted by Gasteiger charge is -2.03. The number of rotatable bonds is 1. The summed E-state index contributed by atoms with van der Waals surface area (Å²) in [7, 11) is 0. The molecule has 2 heterocycles. The third kappa shape index (κ3) is 1.76. The van der Waals surface area contributed by atoms with Crippen LogP contribution in [0.5, 0.6) is 0 Å². The van der Waals surface area contributed by atoms with E-state index in [-0.39, 0.29) is 5.82 Å². The number of fused-ring (bicyclic) bond motifs is 1. The van der Waals surface area contributed by atoms with Crippen LogP contribution >= 0.6 is 11.6 Å². The highest BCUT2D eigenvalue weighted by Gasteiger charge is 2.06. The van der Waals surface area contributed by atoms with Crippen molar-refractivity contribution >= 4 is 17.2 Å². The molecule has 0 bridgehead atoms. The van der Waals surface area contributed by atoms with E-state index in [0.29, 0.717) is 16.6 Å². The number of imidazole rings is 1. The Labute approximate surface area is 102 Å². The van der Waals surface area contributed by atoms with E-state index in [1.54, 1.807) is 35.0 Å². The molecule has 5 heteroatoms. The Hall–Kier alpha value is -1.94. The normalized spacial score (nSPS) is 10.9. The monoisotopic (exact) mass is 247 g/mol. The molecule has 0 amide bonds. The van der Waals surface area contributed by atoms with Gasteiger partial charge in [0.2, 0.25) is 5.28 Å². The van der Waals surface area contributed by atoms with E-state index >= 15 is 0 Å². The van der Waals surface area contributed by atoms with Crippen molar-refractivity contribution in [3.8, 4) is 11.3 Å². The first-order valence-corrected chi connectivity index (χ1v) is 5.37. The summed E-state index contributed by atoms with van der Waals surface area (Å²) in [6, 6.07) is 7.90. The van der Waals surface area contributed by atoms with Crippen LogP contribution in [-0.4, -0.2) is 14.4 Å². The quantitative estimate of drug-likeness (QED) is 0.618. The van der Waals surface area contributed by atoms with Crippen molar-refractivity contribution in [2.24, 2.45) is 0 Å². The summed E-state index contributed by atoms with van der Waals surface area (Å²) in [6.45, 7) is 0. The molecule has 0 atom stereocenters. The maximum atomic E-state index is 12.8. The number of halogens is 2. The van der Waals surface area contributed by atoms with E-state index in [2.05, 4.69) is 9.97 Å². The minimum Gasteiger partial charge on any atom is -0.274 e. The lowest BCUT2D eigenvalue weighted by atomic mass is 10.1. The van der Waals surface area contributed by atoms with E-state index < -0.39 is 0 Å². The minimum absolute atomic E-state index is 0.276. The fourth-order valence-corrected chi connectivity index (χ4v) is 1.89. The zero-order chi connectivity index (χ0) is 11.8. The molecule has 0 radical (unpaired) electrons. The third-order valence-electron chi connectivity index (χ3n) is 2.49. The van der Waals surface area contributed by atoms with Crippen LogP contribution < -0.4 is 0 Å². The first-order chi connectivity index (χ1) is 8.24. The number of aromatic nitrogens is 3. The smallest absolute Gasteiger partial charge is 0.209 e. The molecule has 0 aliphatic rings. The van der Waals surface area contributed by atoms with Gasteiger partial charge < -0.3 is 0 Å². The van der Waals surface area contributed by atoms with Crippen molar-refractivity contribution in [2.75, 3.05) is 0 Å². The molecule has 0 unspecified atom stereocenters. The van der Waals surface area contributed by atoms with Gasteiger partial charge >= 0.3 is 0 Å². The van der Waals surface area contributed by atoms with Crippen LogP contribution in [0.15, 0.2) is 42.7 Å². The maximum Gasteiger partial charge on any atom is 0.209 e. The van der Waals surface area contributed by atoms with Crippen LogP contribution in [0.3, 0.4) is 0 Å². The molecule has 1 aromatic carbocycles. The fraction of sp³-hybridized carbons (Fsp3) is 0. The summed E-state index contributed by atoms with van der Waals surface area (Å²) in [5, 5.41) is 0.333. The second-order valence-corrected chi connectivity index (χ2v) is 3.91. The van der Waals surface area contributed by atoms with Crippen molar-refractivity contribution in [2.45, 2.75) is 0 Å². The lowest BCUT2D eigenvalue weighted by molar-refractivity contribution is 0.628. The van der Waals surface area contributed by atoms with Gasteiger partial charge in [0.1, 0.15) is 11.5 Å². The average Bonchev–Trinajstić information content (AvgIpc) is 2.78. The zero-order valence-electron chi connectivity index (χ0n) is 8.64. The predicted octanol–water partition coefficient (Wildman–Crippen LogP) is 3.19. The third-order valence-corrected chi connectivity index (χ3v) is 2.75. The van der Waals surface area contributed by atoms with Gasteiger partial charge in [-0.15, -0.1) is 0 Å².